The van der Waals surface area contributed by atoms with E-state index in [1.807, 2.05) is 48.7 Å². The van der Waals surface area contributed by atoms with Gasteiger partial charge in [-0.1, -0.05) is 36.0 Å². The summed E-state index contributed by atoms with van der Waals surface area (Å²) in [6.45, 7) is 1.92. The summed E-state index contributed by atoms with van der Waals surface area (Å²) in [6, 6.07) is 11.7. The lowest BCUT2D eigenvalue weighted by Gasteiger charge is -1.99. The number of ketones is 1. The van der Waals surface area contributed by atoms with Gasteiger partial charge in [-0.05, 0) is 24.4 Å². The smallest absolute Gasteiger partial charge is 0.277 e. The Kier molecular flexibility index (Phi) is 3.95. The molecule has 0 amide bonds. The van der Waals surface area contributed by atoms with Crippen LogP contribution in [-0.2, 0) is 0 Å². The van der Waals surface area contributed by atoms with E-state index in [0.717, 1.165) is 27.0 Å². The highest BCUT2D eigenvalue weighted by molar-refractivity contribution is 7.99. The SMILES string of the molecule is Cc1[nH]c2ccccc2c1C(=O)CSc1nnc(-c2cccs2)o1. The van der Waals surface area contributed by atoms with Gasteiger partial charge in [-0.2, -0.15) is 0 Å². The molecule has 0 saturated heterocycles. The quantitative estimate of drug-likeness (QED) is 0.420. The number of nitrogens with zero attached hydrogens (tertiary/aromatic N) is 2. The molecular formula is C17H13N3O2S2. The Morgan fingerprint density at radius 2 is 2.12 bits per heavy atom. The molecule has 3 aromatic heterocycles. The fraction of sp³-hybridized carbons (Fsp3) is 0.118. The van der Waals surface area contributed by atoms with Crippen LogP contribution in [0.25, 0.3) is 21.7 Å². The summed E-state index contributed by atoms with van der Waals surface area (Å²) >= 11 is 2.80. The molecule has 0 aliphatic carbocycles. The molecule has 0 radical (unpaired) electrons. The second-order valence-corrected chi connectivity index (χ2v) is 7.11. The van der Waals surface area contributed by atoms with E-state index >= 15 is 0 Å². The maximum atomic E-state index is 12.6. The molecule has 5 nitrogen and oxygen atoms in total. The van der Waals surface area contributed by atoms with Gasteiger partial charge in [0.25, 0.3) is 11.1 Å². The zero-order valence-electron chi connectivity index (χ0n) is 12.8. The summed E-state index contributed by atoms with van der Waals surface area (Å²) in [7, 11) is 0. The molecule has 4 rings (SSSR count). The van der Waals surface area contributed by atoms with E-state index in [2.05, 4.69) is 15.2 Å². The molecule has 1 N–H and O–H groups in total. The lowest BCUT2D eigenvalue weighted by Crippen LogP contribution is -2.03. The zero-order chi connectivity index (χ0) is 16.5. The summed E-state index contributed by atoms with van der Waals surface area (Å²) < 4.78 is 5.60. The van der Waals surface area contributed by atoms with Crippen LogP contribution in [0.1, 0.15) is 16.1 Å². The molecule has 120 valence electrons. The molecule has 1 aromatic carbocycles. The Hall–Kier alpha value is -2.38. The zero-order valence-corrected chi connectivity index (χ0v) is 14.4. The van der Waals surface area contributed by atoms with Crippen LogP contribution in [0, 0.1) is 6.92 Å². The standard InChI is InChI=1S/C17H13N3O2S2/c1-10-15(11-5-2-3-6-12(11)18-10)13(21)9-24-17-20-19-16(22-17)14-7-4-8-23-14/h2-8,18H,9H2,1H3. The monoisotopic (exact) mass is 355 g/mol. The second-order valence-electron chi connectivity index (χ2n) is 5.23. The van der Waals surface area contributed by atoms with Crippen LogP contribution in [0.15, 0.2) is 51.4 Å². The molecule has 7 heteroatoms. The van der Waals surface area contributed by atoms with Crippen molar-refractivity contribution < 1.29 is 9.21 Å². The van der Waals surface area contributed by atoms with Crippen molar-refractivity contribution in [2.75, 3.05) is 5.75 Å². The van der Waals surface area contributed by atoms with Gasteiger partial charge < -0.3 is 9.40 Å². The summed E-state index contributed by atoms with van der Waals surface area (Å²) in [5.74, 6) is 0.795. The first kappa shape index (κ1) is 15.2. The first-order valence-electron chi connectivity index (χ1n) is 7.33. The summed E-state index contributed by atoms with van der Waals surface area (Å²) in [5, 5.41) is 11.3. The van der Waals surface area contributed by atoms with Crippen LogP contribution in [0.5, 0.6) is 0 Å². The van der Waals surface area contributed by atoms with Crippen LogP contribution < -0.4 is 0 Å². The lowest BCUT2D eigenvalue weighted by atomic mass is 10.1. The van der Waals surface area contributed by atoms with Crippen molar-refractivity contribution in [1.29, 1.82) is 0 Å². The van der Waals surface area contributed by atoms with Crippen molar-refractivity contribution >= 4 is 39.8 Å². The fourth-order valence-corrected chi connectivity index (χ4v) is 3.88. The van der Waals surface area contributed by atoms with E-state index < -0.39 is 0 Å². The second kappa shape index (κ2) is 6.26. The molecule has 0 spiro atoms. The van der Waals surface area contributed by atoms with E-state index in [0.29, 0.717) is 11.1 Å². The number of H-pyrrole nitrogens is 1. The Bertz CT molecular complexity index is 1000. The number of carbonyl (C=O) groups is 1. The fourth-order valence-electron chi connectivity index (χ4n) is 2.60. The van der Waals surface area contributed by atoms with Gasteiger partial charge >= 0.3 is 0 Å². The van der Waals surface area contributed by atoms with E-state index in [-0.39, 0.29) is 11.5 Å². The van der Waals surface area contributed by atoms with E-state index in [1.54, 1.807) is 0 Å². The average Bonchev–Trinajstić information content (AvgIpc) is 3.31. The minimum Gasteiger partial charge on any atom is -0.410 e. The largest absolute Gasteiger partial charge is 0.410 e. The van der Waals surface area contributed by atoms with Gasteiger partial charge in [0.05, 0.1) is 10.6 Å². The van der Waals surface area contributed by atoms with Crippen LogP contribution >= 0.6 is 23.1 Å². The number of nitrogens with one attached hydrogen (secondary N) is 1. The highest BCUT2D eigenvalue weighted by Crippen LogP contribution is 2.28. The van der Waals surface area contributed by atoms with Gasteiger partial charge in [-0.25, -0.2) is 0 Å². The number of para-hydroxylation sites is 1. The van der Waals surface area contributed by atoms with E-state index in [4.69, 9.17) is 4.42 Å². The van der Waals surface area contributed by atoms with Gasteiger partial charge in [-0.3, -0.25) is 4.79 Å². The van der Waals surface area contributed by atoms with Gasteiger partial charge in [0.2, 0.25) is 0 Å². The molecule has 4 aromatic rings. The highest BCUT2D eigenvalue weighted by Gasteiger charge is 2.18. The summed E-state index contributed by atoms with van der Waals surface area (Å²) in [6.07, 6.45) is 0. The molecule has 24 heavy (non-hydrogen) atoms. The molecule has 0 aliphatic rings. The van der Waals surface area contributed by atoms with Crippen molar-refractivity contribution in [3.05, 3.63) is 53.0 Å². The van der Waals surface area contributed by atoms with Crippen LogP contribution in [0.4, 0.5) is 0 Å². The first-order valence-corrected chi connectivity index (χ1v) is 9.19. The number of Topliss-reactive ketones (excluding diaryl/α,β-unsaturated/α-hetero) is 1. The number of rotatable bonds is 5. The Balaban J connectivity index is 1.51. The number of carbonyl (C=O) groups excluding carboxylic acids is 1. The van der Waals surface area contributed by atoms with Gasteiger partial charge in [0.15, 0.2) is 5.78 Å². The number of hydrogen-bond donors (Lipinski definition) is 1. The molecule has 0 unspecified atom stereocenters. The van der Waals surface area contributed by atoms with Crippen molar-refractivity contribution in [2.24, 2.45) is 0 Å². The maximum absolute atomic E-state index is 12.6. The summed E-state index contributed by atoms with van der Waals surface area (Å²) in [5.41, 5.74) is 2.59. The molecule has 0 saturated carbocycles. The minimum atomic E-state index is 0.0471. The topological polar surface area (TPSA) is 71.8 Å². The number of aryl methyl sites for hydroxylation is 1. The van der Waals surface area contributed by atoms with Crippen LogP contribution in [0.3, 0.4) is 0 Å². The van der Waals surface area contributed by atoms with E-state index in [1.165, 1.54) is 23.1 Å². The van der Waals surface area contributed by atoms with Crippen LogP contribution in [0.2, 0.25) is 0 Å². The molecule has 0 bridgehead atoms. The first-order chi connectivity index (χ1) is 11.7. The predicted octanol–water partition coefficient (Wildman–Crippen LogP) is 4.56. The van der Waals surface area contributed by atoms with Gasteiger partial charge in [0.1, 0.15) is 0 Å². The minimum absolute atomic E-state index is 0.0471. The maximum Gasteiger partial charge on any atom is 0.277 e. The molecule has 0 aliphatic heterocycles. The van der Waals surface area contributed by atoms with Crippen LogP contribution in [-0.4, -0.2) is 26.7 Å². The third-order valence-corrected chi connectivity index (χ3v) is 5.31. The Morgan fingerprint density at radius 3 is 2.96 bits per heavy atom. The van der Waals surface area contributed by atoms with Gasteiger partial charge in [0, 0.05) is 22.2 Å². The number of fused-ring (bicyclic) bond motifs is 1. The molecule has 0 atom stereocenters. The molecule has 0 fully saturated rings. The number of benzene rings is 1. The molecular weight excluding hydrogens is 342 g/mol. The number of thioether (sulfide) groups is 1. The van der Waals surface area contributed by atoms with Crippen molar-refractivity contribution in [2.45, 2.75) is 12.1 Å². The summed E-state index contributed by atoms with van der Waals surface area (Å²) in [4.78, 5) is 16.8. The number of thiophene rings is 1. The predicted molar refractivity (Wildman–Crippen MR) is 95.7 cm³/mol. The van der Waals surface area contributed by atoms with Crippen molar-refractivity contribution in [3.8, 4) is 10.8 Å². The number of hydrogen-bond acceptors (Lipinski definition) is 6. The average molecular weight is 355 g/mol. The third-order valence-electron chi connectivity index (χ3n) is 3.64. The van der Waals surface area contributed by atoms with Crippen molar-refractivity contribution in [3.63, 3.8) is 0 Å². The number of aromatic amines is 1. The third kappa shape index (κ3) is 2.76. The molecule has 3 heterocycles. The number of aromatic nitrogens is 3. The Labute approximate surface area is 146 Å². The Morgan fingerprint density at radius 1 is 1.25 bits per heavy atom. The lowest BCUT2D eigenvalue weighted by molar-refractivity contribution is 0.102. The highest BCUT2D eigenvalue weighted by atomic mass is 32.2. The van der Waals surface area contributed by atoms with Gasteiger partial charge in [-0.15, -0.1) is 21.5 Å². The normalized spacial score (nSPS) is 11.2. The van der Waals surface area contributed by atoms with Crippen molar-refractivity contribution in [1.82, 2.24) is 15.2 Å². The van der Waals surface area contributed by atoms with E-state index in [9.17, 15) is 4.79 Å².